The Hall–Kier alpha value is -2.04. The van der Waals surface area contributed by atoms with E-state index in [4.69, 9.17) is 11.5 Å². The van der Waals surface area contributed by atoms with Gasteiger partial charge in [0, 0.05) is 18.7 Å². The first kappa shape index (κ1) is 16.0. The van der Waals surface area contributed by atoms with E-state index in [2.05, 4.69) is 6.92 Å². The van der Waals surface area contributed by atoms with Crippen molar-refractivity contribution in [3.63, 3.8) is 0 Å². The number of rotatable bonds is 8. The lowest BCUT2D eigenvalue weighted by Gasteiger charge is -2.22. The van der Waals surface area contributed by atoms with Crippen LogP contribution in [-0.2, 0) is 16.1 Å². The average Bonchev–Trinajstić information content (AvgIpc) is 2.40. The van der Waals surface area contributed by atoms with Crippen molar-refractivity contribution in [3.05, 3.63) is 29.8 Å². The summed E-state index contributed by atoms with van der Waals surface area (Å²) < 4.78 is 0. The van der Waals surface area contributed by atoms with Gasteiger partial charge in [0.1, 0.15) is 0 Å². The highest BCUT2D eigenvalue weighted by Gasteiger charge is 2.16. The number of primary amides is 1. The summed E-state index contributed by atoms with van der Waals surface area (Å²) in [6.07, 6.45) is 3.32. The van der Waals surface area contributed by atoms with Crippen LogP contribution in [0.4, 0.5) is 5.69 Å². The van der Waals surface area contributed by atoms with Crippen LogP contribution >= 0.6 is 0 Å². The zero-order valence-corrected chi connectivity index (χ0v) is 12.0. The Morgan fingerprint density at radius 3 is 2.50 bits per heavy atom. The molecule has 0 aliphatic heterocycles. The van der Waals surface area contributed by atoms with Crippen molar-refractivity contribution in [1.29, 1.82) is 0 Å². The van der Waals surface area contributed by atoms with Gasteiger partial charge in [-0.1, -0.05) is 38.0 Å². The minimum atomic E-state index is -0.511. The van der Waals surface area contributed by atoms with Crippen molar-refractivity contribution in [2.75, 3.05) is 12.3 Å². The summed E-state index contributed by atoms with van der Waals surface area (Å²) in [5.41, 5.74) is 12.5. The fraction of sp³-hybridized carbons (Fsp3) is 0.467. The topological polar surface area (TPSA) is 89.4 Å². The molecule has 20 heavy (non-hydrogen) atoms. The molecule has 0 aliphatic rings. The maximum absolute atomic E-state index is 12.1. The molecule has 0 unspecified atom stereocenters. The van der Waals surface area contributed by atoms with Gasteiger partial charge in [0.25, 0.3) is 0 Å². The molecule has 0 radical (unpaired) electrons. The standard InChI is InChI=1S/C15H23N3O2/c1-2-3-4-9-15(20)18(11-14(17)19)10-12-7-5-6-8-13(12)16/h5-8H,2-4,9-11,16H2,1H3,(H2,17,19). The Morgan fingerprint density at radius 2 is 1.90 bits per heavy atom. The zero-order valence-electron chi connectivity index (χ0n) is 12.0. The van der Waals surface area contributed by atoms with Crippen molar-refractivity contribution >= 4 is 17.5 Å². The number of hydrogen-bond donors (Lipinski definition) is 2. The van der Waals surface area contributed by atoms with Gasteiger partial charge in [0.15, 0.2) is 0 Å². The molecule has 110 valence electrons. The van der Waals surface area contributed by atoms with Crippen molar-refractivity contribution in [2.24, 2.45) is 5.73 Å². The summed E-state index contributed by atoms with van der Waals surface area (Å²) in [5.74, 6) is -0.566. The largest absolute Gasteiger partial charge is 0.398 e. The molecule has 0 saturated heterocycles. The highest BCUT2D eigenvalue weighted by atomic mass is 16.2. The van der Waals surface area contributed by atoms with E-state index in [1.54, 1.807) is 6.07 Å². The molecule has 0 bridgehead atoms. The van der Waals surface area contributed by atoms with Crippen molar-refractivity contribution < 1.29 is 9.59 Å². The average molecular weight is 277 g/mol. The third kappa shape index (κ3) is 5.30. The van der Waals surface area contributed by atoms with Crippen LogP contribution in [0.15, 0.2) is 24.3 Å². The van der Waals surface area contributed by atoms with Gasteiger partial charge in [-0.3, -0.25) is 9.59 Å². The molecule has 0 saturated carbocycles. The van der Waals surface area contributed by atoms with Gasteiger partial charge in [-0.25, -0.2) is 0 Å². The molecule has 0 atom stereocenters. The lowest BCUT2D eigenvalue weighted by Crippen LogP contribution is -2.38. The molecule has 1 aromatic rings. The molecule has 0 fully saturated rings. The van der Waals surface area contributed by atoms with E-state index in [-0.39, 0.29) is 12.5 Å². The van der Waals surface area contributed by atoms with Gasteiger partial charge in [-0.2, -0.15) is 0 Å². The Bertz CT molecular complexity index is 460. The van der Waals surface area contributed by atoms with Crippen molar-refractivity contribution in [3.8, 4) is 0 Å². The second-order valence-corrected chi connectivity index (χ2v) is 4.87. The maximum atomic E-state index is 12.1. The lowest BCUT2D eigenvalue weighted by atomic mass is 10.1. The van der Waals surface area contributed by atoms with E-state index < -0.39 is 5.91 Å². The normalized spacial score (nSPS) is 10.2. The van der Waals surface area contributed by atoms with Crippen LogP contribution in [0.5, 0.6) is 0 Å². The number of benzene rings is 1. The van der Waals surface area contributed by atoms with Crippen LogP contribution < -0.4 is 11.5 Å². The molecular weight excluding hydrogens is 254 g/mol. The van der Waals surface area contributed by atoms with E-state index in [0.717, 1.165) is 24.8 Å². The molecule has 0 aliphatic carbocycles. The molecule has 5 nitrogen and oxygen atoms in total. The van der Waals surface area contributed by atoms with E-state index in [0.29, 0.717) is 18.7 Å². The molecular formula is C15H23N3O2. The molecule has 0 aromatic heterocycles. The van der Waals surface area contributed by atoms with E-state index in [1.807, 2.05) is 18.2 Å². The predicted molar refractivity (Wildman–Crippen MR) is 79.6 cm³/mol. The number of nitrogen functional groups attached to an aromatic ring is 1. The number of carbonyl (C=O) groups excluding carboxylic acids is 2. The van der Waals surface area contributed by atoms with Gasteiger partial charge in [0.05, 0.1) is 6.54 Å². The Balaban J connectivity index is 2.71. The van der Waals surface area contributed by atoms with Crippen LogP contribution in [0.1, 0.15) is 38.2 Å². The summed E-state index contributed by atoms with van der Waals surface area (Å²) in [7, 11) is 0. The molecule has 0 spiro atoms. The Kier molecular flexibility index (Phi) is 6.56. The molecule has 4 N–H and O–H groups in total. The van der Waals surface area contributed by atoms with Crippen LogP contribution in [0.25, 0.3) is 0 Å². The van der Waals surface area contributed by atoms with Crippen molar-refractivity contribution in [1.82, 2.24) is 4.90 Å². The summed E-state index contributed by atoms with van der Waals surface area (Å²) >= 11 is 0. The summed E-state index contributed by atoms with van der Waals surface area (Å²) in [6, 6.07) is 7.32. The number of carbonyl (C=O) groups is 2. The quantitative estimate of drug-likeness (QED) is 0.559. The van der Waals surface area contributed by atoms with Gasteiger partial charge < -0.3 is 16.4 Å². The SMILES string of the molecule is CCCCCC(=O)N(CC(N)=O)Cc1ccccc1N. The minimum absolute atomic E-state index is 0.0551. The third-order valence-electron chi connectivity index (χ3n) is 3.11. The second-order valence-electron chi connectivity index (χ2n) is 4.87. The summed E-state index contributed by atoms with van der Waals surface area (Å²) in [6.45, 7) is 2.33. The Morgan fingerprint density at radius 1 is 1.20 bits per heavy atom. The highest BCUT2D eigenvalue weighted by molar-refractivity contribution is 5.83. The van der Waals surface area contributed by atoms with Crippen LogP contribution in [0, 0.1) is 0 Å². The highest BCUT2D eigenvalue weighted by Crippen LogP contribution is 2.14. The first-order chi connectivity index (χ1) is 9.54. The fourth-order valence-electron chi connectivity index (χ4n) is 1.99. The third-order valence-corrected chi connectivity index (χ3v) is 3.11. The van der Waals surface area contributed by atoms with Gasteiger partial charge in [-0.05, 0) is 18.1 Å². The number of nitrogens with two attached hydrogens (primary N) is 2. The predicted octanol–water partition coefficient (Wildman–Crippen LogP) is 1.66. The number of para-hydroxylation sites is 1. The van der Waals surface area contributed by atoms with Crippen molar-refractivity contribution in [2.45, 2.75) is 39.2 Å². The number of amides is 2. The lowest BCUT2D eigenvalue weighted by molar-refractivity contribution is -0.135. The first-order valence-corrected chi connectivity index (χ1v) is 6.94. The smallest absolute Gasteiger partial charge is 0.237 e. The van der Waals surface area contributed by atoms with Gasteiger partial charge >= 0.3 is 0 Å². The van der Waals surface area contributed by atoms with Crippen LogP contribution in [0.3, 0.4) is 0 Å². The van der Waals surface area contributed by atoms with Gasteiger partial charge in [0.2, 0.25) is 11.8 Å². The first-order valence-electron chi connectivity index (χ1n) is 6.94. The number of unbranched alkanes of at least 4 members (excludes halogenated alkanes) is 2. The zero-order chi connectivity index (χ0) is 15.0. The molecule has 5 heteroatoms. The Labute approximate surface area is 119 Å². The van der Waals surface area contributed by atoms with E-state index in [9.17, 15) is 9.59 Å². The summed E-state index contributed by atoms with van der Waals surface area (Å²) in [4.78, 5) is 24.7. The number of nitrogens with zero attached hydrogens (tertiary/aromatic N) is 1. The molecule has 2 amide bonds. The second kappa shape index (κ2) is 8.19. The van der Waals surface area contributed by atoms with E-state index in [1.165, 1.54) is 4.90 Å². The maximum Gasteiger partial charge on any atom is 0.237 e. The van der Waals surface area contributed by atoms with Gasteiger partial charge in [-0.15, -0.1) is 0 Å². The summed E-state index contributed by atoms with van der Waals surface area (Å²) in [5, 5.41) is 0. The molecule has 1 rings (SSSR count). The van der Waals surface area contributed by atoms with Crippen LogP contribution in [-0.4, -0.2) is 23.3 Å². The molecule has 0 heterocycles. The van der Waals surface area contributed by atoms with Crippen LogP contribution in [0.2, 0.25) is 0 Å². The monoisotopic (exact) mass is 277 g/mol. The molecule has 1 aromatic carbocycles. The minimum Gasteiger partial charge on any atom is -0.398 e. The van der Waals surface area contributed by atoms with E-state index >= 15 is 0 Å². The number of hydrogen-bond acceptors (Lipinski definition) is 3. The fourth-order valence-corrected chi connectivity index (χ4v) is 1.99. The number of anilines is 1.